The Morgan fingerprint density at radius 1 is 1.14 bits per heavy atom. The maximum absolute atomic E-state index is 5.47. The minimum absolute atomic E-state index is 0.456. The van der Waals surface area contributed by atoms with E-state index in [1.807, 2.05) is 7.11 Å². The van der Waals surface area contributed by atoms with E-state index in [9.17, 15) is 0 Å². The lowest BCUT2D eigenvalue weighted by Crippen LogP contribution is -2.36. The Morgan fingerprint density at radius 3 is 2.64 bits per heavy atom. The van der Waals surface area contributed by atoms with Crippen LogP contribution in [0.5, 0.6) is 0 Å². The van der Waals surface area contributed by atoms with Gasteiger partial charge in [0.1, 0.15) is 0 Å². The molecule has 0 saturated heterocycles. The van der Waals surface area contributed by atoms with Gasteiger partial charge in [-0.05, 0) is 37.5 Å². The third-order valence-corrected chi connectivity index (χ3v) is 5.63. The van der Waals surface area contributed by atoms with E-state index in [1.54, 1.807) is 0 Å². The van der Waals surface area contributed by atoms with Crippen molar-refractivity contribution in [3.63, 3.8) is 0 Å². The number of fused-ring (bicyclic) bond motifs is 1. The van der Waals surface area contributed by atoms with Gasteiger partial charge in [0.15, 0.2) is 0 Å². The van der Waals surface area contributed by atoms with E-state index in [0.29, 0.717) is 5.92 Å². The standard InChI is InChI=1S/C18H29N3O/c1-22-13-17-11-20(8-15-6-7-15)10-16-12-21(19-18(16)17)9-14-4-2-3-5-14/h12,14-15,17H,2-11,13H2,1H3/t17-/m0/s1. The summed E-state index contributed by atoms with van der Waals surface area (Å²) in [4.78, 5) is 2.63. The summed E-state index contributed by atoms with van der Waals surface area (Å²) in [7, 11) is 1.81. The molecule has 1 aliphatic heterocycles. The smallest absolute Gasteiger partial charge is 0.0736 e. The fourth-order valence-corrected chi connectivity index (χ4v) is 4.34. The number of nitrogens with zero attached hydrogens (tertiary/aromatic N) is 3. The van der Waals surface area contributed by atoms with Crippen LogP contribution in [0.3, 0.4) is 0 Å². The molecule has 4 nitrogen and oxygen atoms in total. The van der Waals surface area contributed by atoms with Crippen molar-refractivity contribution in [2.24, 2.45) is 11.8 Å². The molecule has 0 spiro atoms. The predicted molar refractivity (Wildman–Crippen MR) is 86.8 cm³/mol. The van der Waals surface area contributed by atoms with Crippen LogP contribution in [0.25, 0.3) is 0 Å². The van der Waals surface area contributed by atoms with Crippen LogP contribution < -0.4 is 0 Å². The van der Waals surface area contributed by atoms with Gasteiger partial charge in [0, 0.05) is 51.0 Å². The predicted octanol–water partition coefficient (Wildman–Crippen LogP) is 3.03. The van der Waals surface area contributed by atoms with Crippen LogP contribution in [0.2, 0.25) is 0 Å². The molecule has 0 bridgehead atoms. The highest BCUT2D eigenvalue weighted by Gasteiger charge is 2.32. The maximum atomic E-state index is 5.47. The van der Waals surface area contributed by atoms with Crippen LogP contribution in [0.1, 0.15) is 55.7 Å². The average molecular weight is 303 g/mol. The van der Waals surface area contributed by atoms with Crippen molar-refractivity contribution >= 4 is 0 Å². The van der Waals surface area contributed by atoms with Crippen LogP contribution in [0, 0.1) is 11.8 Å². The van der Waals surface area contributed by atoms with Crippen molar-refractivity contribution in [3.05, 3.63) is 17.5 Å². The van der Waals surface area contributed by atoms with Gasteiger partial charge in [-0.25, -0.2) is 0 Å². The van der Waals surface area contributed by atoms with Crippen LogP contribution in [0.4, 0.5) is 0 Å². The number of hydrogen-bond donors (Lipinski definition) is 0. The first-order chi connectivity index (χ1) is 10.8. The number of methoxy groups -OCH3 is 1. The van der Waals surface area contributed by atoms with E-state index in [-0.39, 0.29) is 0 Å². The van der Waals surface area contributed by atoms with Gasteiger partial charge in [0.25, 0.3) is 0 Å². The van der Waals surface area contributed by atoms with Crippen LogP contribution in [-0.4, -0.2) is 41.5 Å². The maximum Gasteiger partial charge on any atom is 0.0736 e. The summed E-state index contributed by atoms with van der Waals surface area (Å²) in [6, 6.07) is 0. The summed E-state index contributed by atoms with van der Waals surface area (Å²) >= 11 is 0. The second-order valence-corrected chi connectivity index (χ2v) is 7.70. The molecule has 1 atom stereocenters. The Balaban J connectivity index is 1.49. The molecule has 1 aromatic heterocycles. The first-order valence-corrected chi connectivity index (χ1v) is 9.09. The second-order valence-electron chi connectivity index (χ2n) is 7.70. The minimum atomic E-state index is 0.456. The second kappa shape index (κ2) is 6.32. The fourth-order valence-electron chi connectivity index (χ4n) is 4.34. The lowest BCUT2D eigenvalue weighted by atomic mass is 9.97. The number of ether oxygens (including phenoxy) is 1. The zero-order valence-corrected chi connectivity index (χ0v) is 13.8. The highest BCUT2D eigenvalue weighted by Crippen LogP contribution is 2.34. The molecule has 122 valence electrons. The van der Waals surface area contributed by atoms with Crippen molar-refractivity contribution in [1.29, 1.82) is 0 Å². The van der Waals surface area contributed by atoms with E-state index in [4.69, 9.17) is 9.84 Å². The van der Waals surface area contributed by atoms with E-state index in [0.717, 1.165) is 38.1 Å². The Bertz CT molecular complexity index is 502. The first kappa shape index (κ1) is 14.7. The molecular formula is C18H29N3O. The molecule has 0 N–H and O–H groups in total. The molecule has 0 aromatic carbocycles. The number of aromatic nitrogens is 2. The van der Waals surface area contributed by atoms with Gasteiger partial charge < -0.3 is 4.74 Å². The van der Waals surface area contributed by atoms with Crippen molar-refractivity contribution < 1.29 is 4.74 Å². The van der Waals surface area contributed by atoms with Gasteiger partial charge in [0.05, 0.1) is 12.3 Å². The van der Waals surface area contributed by atoms with Gasteiger partial charge in [-0.15, -0.1) is 0 Å². The molecule has 0 unspecified atom stereocenters. The van der Waals surface area contributed by atoms with E-state index >= 15 is 0 Å². The lowest BCUT2D eigenvalue weighted by molar-refractivity contribution is 0.135. The van der Waals surface area contributed by atoms with Crippen LogP contribution in [0.15, 0.2) is 6.20 Å². The van der Waals surface area contributed by atoms with Crippen molar-refractivity contribution in [3.8, 4) is 0 Å². The summed E-state index contributed by atoms with van der Waals surface area (Å²) < 4.78 is 7.71. The Kier molecular flexibility index (Phi) is 4.23. The quantitative estimate of drug-likeness (QED) is 0.809. The largest absolute Gasteiger partial charge is 0.384 e. The summed E-state index contributed by atoms with van der Waals surface area (Å²) in [6.07, 6.45) is 10.8. The fraction of sp³-hybridized carbons (Fsp3) is 0.833. The molecule has 4 heteroatoms. The Morgan fingerprint density at radius 2 is 1.91 bits per heavy atom. The molecule has 2 fully saturated rings. The number of hydrogen-bond acceptors (Lipinski definition) is 3. The van der Waals surface area contributed by atoms with E-state index in [2.05, 4.69) is 15.8 Å². The molecule has 0 radical (unpaired) electrons. The van der Waals surface area contributed by atoms with Gasteiger partial charge in [-0.1, -0.05) is 12.8 Å². The normalized spacial score (nSPS) is 26.5. The van der Waals surface area contributed by atoms with Crippen molar-refractivity contribution in [1.82, 2.24) is 14.7 Å². The van der Waals surface area contributed by atoms with E-state index < -0.39 is 0 Å². The third-order valence-electron chi connectivity index (χ3n) is 5.63. The Hall–Kier alpha value is -0.870. The molecule has 3 aliphatic rings. The molecule has 0 amide bonds. The minimum Gasteiger partial charge on any atom is -0.384 e. The molecule has 4 rings (SSSR count). The molecule has 2 aliphatic carbocycles. The van der Waals surface area contributed by atoms with Crippen LogP contribution >= 0.6 is 0 Å². The van der Waals surface area contributed by atoms with Gasteiger partial charge in [-0.3, -0.25) is 9.58 Å². The van der Waals surface area contributed by atoms with Gasteiger partial charge in [-0.2, -0.15) is 5.10 Å². The SMILES string of the molecule is COC[C@@H]1CN(CC2CC2)Cc2cn(CC3CCCC3)nc21. The van der Waals surface area contributed by atoms with Crippen LogP contribution in [-0.2, 0) is 17.8 Å². The zero-order valence-electron chi connectivity index (χ0n) is 13.8. The first-order valence-electron chi connectivity index (χ1n) is 9.09. The van der Waals surface area contributed by atoms with Crippen molar-refractivity contribution in [2.45, 2.75) is 57.5 Å². The molecule has 2 heterocycles. The lowest BCUT2D eigenvalue weighted by Gasteiger charge is -2.31. The topological polar surface area (TPSA) is 30.3 Å². The molecular weight excluding hydrogens is 274 g/mol. The zero-order chi connectivity index (χ0) is 14.9. The van der Waals surface area contributed by atoms with Gasteiger partial charge in [0.2, 0.25) is 0 Å². The monoisotopic (exact) mass is 303 g/mol. The van der Waals surface area contributed by atoms with E-state index in [1.165, 1.54) is 56.3 Å². The third kappa shape index (κ3) is 3.23. The summed E-state index contributed by atoms with van der Waals surface area (Å²) in [5.74, 6) is 2.26. The summed E-state index contributed by atoms with van der Waals surface area (Å²) in [5.41, 5.74) is 2.76. The molecule has 1 aromatic rings. The van der Waals surface area contributed by atoms with Crippen molar-refractivity contribution in [2.75, 3.05) is 26.8 Å². The molecule has 2 saturated carbocycles. The number of rotatable bonds is 6. The van der Waals surface area contributed by atoms with Gasteiger partial charge >= 0.3 is 0 Å². The average Bonchev–Trinajstić information content (AvgIpc) is 2.99. The highest BCUT2D eigenvalue weighted by molar-refractivity contribution is 5.25. The molecule has 22 heavy (non-hydrogen) atoms. The Labute approximate surface area is 133 Å². The summed E-state index contributed by atoms with van der Waals surface area (Å²) in [5, 5.41) is 4.95. The summed E-state index contributed by atoms with van der Waals surface area (Å²) in [6.45, 7) is 5.41. The highest BCUT2D eigenvalue weighted by atomic mass is 16.5.